The van der Waals surface area contributed by atoms with Crippen LogP contribution in [0.25, 0.3) is 0 Å². The second kappa shape index (κ2) is 15.7. The van der Waals surface area contributed by atoms with Gasteiger partial charge in [-0.15, -0.1) is 0 Å². The lowest BCUT2D eigenvalue weighted by atomic mass is 10.1. The molecular weight excluding hydrogens is 633 g/mol. The number of carbonyl (C=O) groups excluding carboxylic acids is 2. The summed E-state index contributed by atoms with van der Waals surface area (Å²) < 4.78 is 35.0. The first kappa shape index (κ1) is 34.5. The molecule has 0 bridgehead atoms. The first-order valence-corrected chi connectivity index (χ1v) is 16.5. The van der Waals surface area contributed by atoms with Gasteiger partial charge < -0.3 is 15.0 Å². The zero-order valence-electron chi connectivity index (χ0n) is 24.5. The molecule has 0 unspecified atom stereocenters. The fourth-order valence-electron chi connectivity index (χ4n) is 4.38. The molecule has 2 amide bonds. The van der Waals surface area contributed by atoms with Crippen molar-refractivity contribution in [2.45, 2.75) is 64.1 Å². The molecule has 1 N–H and O–H groups in total. The van der Waals surface area contributed by atoms with Crippen LogP contribution in [-0.4, -0.2) is 50.4 Å². The van der Waals surface area contributed by atoms with Crippen LogP contribution in [-0.2, 0) is 26.2 Å². The van der Waals surface area contributed by atoms with Gasteiger partial charge in [0, 0.05) is 17.6 Å². The number of halogens is 3. The Bertz CT molecular complexity index is 1520. The van der Waals surface area contributed by atoms with Gasteiger partial charge in [0.1, 0.15) is 18.3 Å². The second-order valence-electron chi connectivity index (χ2n) is 9.88. The first-order valence-electron chi connectivity index (χ1n) is 14.0. The van der Waals surface area contributed by atoms with Crippen molar-refractivity contribution in [1.82, 2.24) is 10.2 Å². The van der Waals surface area contributed by atoms with Crippen LogP contribution in [0.3, 0.4) is 0 Å². The molecule has 0 aliphatic heterocycles. The molecule has 12 heteroatoms. The molecule has 232 valence electrons. The van der Waals surface area contributed by atoms with Gasteiger partial charge in [0.15, 0.2) is 0 Å². The number of sulfonamides is 1. The van der Waals surface area contributed by atoms with Crippen molar-refractivity contribution in [3.05, 3.63) is 87.4 Å². The summed E-state index contributed by atoms with van der Waals surface area (Å²) in [5.74, 6) is -0.652. The van der Waals surface area contributed by atoms with Gasteiger partial charge in [-0.25, -0.2) is 8.42 Å². The van der Waals surface area contributed by atoms with Crippen LogP contribution in [0.5, 0.6) is 5.75 Å². The minimum Gasteiger partial charge on any atom is -0.492 e. The Balaban J connectivity index is 2.12. The predicted octanol–water partition coefficient (Wildman–Crippen LogP) is 6.96. The van der Waals surface area contributed by atoms with E-state index in [2.05, 4.69) is 5.32 Å². The molecule has 3 aromatic carbocycles. The minimum atomic E-state index is -4.29. The van der Waals surface area contributed by atoms with Gasteiger partial charge >= 0.3 is 0 Å². The van der Waals surface area contributed by atoms with E-state index in [1.54, 1.807) is 56.3 Å². The zero-order chi connectivity index (χ0) is 31.7. The molecule has 0 aliphatic rings. The largest absolute Gasteiger partial charge is 0.492 e. The van der Waals surface area contributed by atoms with E-state index in [-0.39, 0.29) is 47.9 Å². The normalized spacial score (nSPS) is 12.7. The van der Waals surface area contributed by atoms with Crippen LogP contribution >= 0.6 is 34.8 Å². The highest BCUT2D eigenvalue weighted by Gasteiger charge is 2.35. The number of hydrogen-bond acceptors (Lipinski definition) is 5. The third-order valence-electron chi connectivity index (χ3n) is 6.84. The summed E-state index contributed by atoms with van der Waals surface area (Å²) in [5, 5.41) is 3.95. The van der Waals surface area contributed by atoms with Crippen LogP contribution in [0.15, 0.2) is 71.6 Å². The maximum atomic E-state index is 14.3. The highest BCUT2D eigenvalue weighted by Crippen LogP contribution is 2.33. The maximum Gasteiger partial charge on any atom is 0.264 e. The summed E-state index contributed by atoms with van der Waals surface area (Å²) in [6.45, 7) is 7.05. The van der Waals surface area contributed by atoms with E-state index in [4.69, 9.17) is 39.5 Å². The van der Waals surface area contributed by atoms with Crippen molar-refractivity contribution in [3.63, 3.8) is 0 Å². The molecule has 43 heavy (non-hydrogen) atoms. The second-order valence-corrected chi connectivity index (χ2v) is 13.0. The van der Waals surface area contributed by atoms with Gasteiger partial charge in [0.05, 0.1) is 27.2 Å². The van der Waals surface area contributed by atoms with Crippen molar-refractivity contribution in [3.8, 4) is 5.75 Å². The van der Waals surface area contributed by atoms with Gasteiger partial charge in [0.25, 0.3) is 10.0 Å². The SMILES string of the molecule is CCOc1ccccc1N(CC(=O)N(Cc1ccc(Cl)c(Cl)c1)[C@@H](CC)C(=O)N[C@H](C)CC)S(=O)(=O)c1ccc(Cl)cc1. The highest BCUT2D eigenvalue weighted by molar-refractivity contribution is 7.92. The van der Waals surface area contributed by atoms with Crippen LogP contribution in [0.1, 0.15) is 46.1 Å². The standard InChI is InChI=1S/C31H36Cl3N3O5S/c1-5-21(4)35-31(39)27(6-2)36(19-22-12-17-25(33)26(34)18-22)30(38)20-37(28-10-8-9-11-29(28)42-7-3)43(40,41)24-15-13-23(32)14-16-24/h8-18,21,27H,5-7,19-20H2,1-4H3,(H,35,39)/t21-,27+/m1/s1. The highest BCUT2D eigenvalue weighted by atomic mass is 35.5. The molecule has 0 aromatic heterocycles. The third-order valence-corrected chi connectivity index (χ3v) is 9.60. The van der Waals surface area contributed by atoms with Crippen LogP contribution in [0, 0.1) is 0 Å². The third kappa shape index (κ3) is 8.79. The average Bonchev–Trinajstić information content (AvgIpc) is 2.98. The molecule has 3 aromatic rings. The van der Waals surface area contributed by atoms with E-state index in [9.17, 15) is 18.0 Å². The van der Waals surface area contributed by atoms with Gasteiger partial charge in [0.2, 0.25) is 11.8 Å². The number of hydrogen-bond donors (Lipinski definition) is 1. The molecule has 0 fully saturated rings. The summed E-state index contributed by atoms with van der Waals surface area (Å²) in [6, 6.07) is 16.2. The Kier molecular flexibility index (Phi) is 12.6. The van der Waals surface area contributed by atoms with Gasteiger partial charge in [-0.3, -0.25) is 13.9 Å². The van der Waals surface area contributed by atoms with Crippen molar-refractivity contribution in [2.75, 3.05) is 17.5 Å². The van der Waals surface area contributed by atoms with Crippen molar-refractivity contribution >= 4 is 62.3 Å². The van der Waals surface area contributed by atoms with Crippen molar-refractivity contribution in [2.24, 2.45) is 0 Å². The maximum absolute atomic E-state index is 14.3. The summed E-state index contributed by atoms with van der Waals surface area (Å²) in [6.07, 6.45) is 0.985. The number of amides is 2. The van der Waals surface area contributed by atoms with Crippen molar-refractivity contribution in [1.29, 1.82) is 0 Å². The van der Waals surface area contributed by atoms with Gasteiger partial charge in [-0.05, 0) is 80.8 Å². The number of nitrogens with one attached hydrogen (secondary N) is 1. The lowest BCUT2D eigenvalue weighted by Gasteiger charge is -2.34. The number of carbonyl (C=O) groups is 2. The molecule has 0 heterocycles. The number of nitrogens with zero attached hydrogens (tertiary/aromatic N) is 2. The Labute approximate surface area is 268 Å². The fourth-order valence-corrected chi connectivity index (χ4v) is 6.25. The van der Waals surface area contributed by atoms with E-state index in [1.807, 2.05) is 13.8 Å². The topological polar surface area (TPSA) is 96.0 Å². The molecule has 0 radical (unpaired) electrons. The van der Waals surface area contributed by atoms with Crippen molar-refractivity contribution < 1.29 is 22.7 Å². The predicted molar refractivity (Wildman–Crippen MR) is 173 cm³/mol. The minimum absolute atomic E-state index is 0.00983. The Hall–Kier alpha value is -2.98. The summed E-state index contributed by atoms with van der Waals surface area (Å²) >= 11 is 18.4. The molecular formula is C31H36Cl3N3O5S. The molecule has 0 saturated carbocycles. The summed E-state index contributed by atoms with van der Waals surface area (Å²) in [7, 11) is -4.29. The van der Waals surface area contributed by atoms with E-state index < -0.39 is 28.5 Å². The van der Waals surface area contributed by atoms with E-state index in [0.717, 1.165) is 4.31 Å². The Morgan fingerprint density at radius 2 is 1.58 bits per heavy atom. The van der Waals surface area contributed by atoms with Gasteiger partial charge in [-0.2, -0.15) is 0 Å². The number of anilines is 1. The summed E-state index contributed by atoms with van der Waals surface area (Å²) in [4.78, 5) is 29.0. The van der Waals surface area contributed by atoms with Crippen LogP contribution in [0.4, 0.5) is 5.69 Å². The van der Waals surface area contributed by atoms with Gasteiger partial charge in [-0.1, -0.05) is 66.8 Å². The molecule has 8 nitrogen and oxygen atoms in total. The van der Waals surface area contributed by atoms with E-state index in [1.165, 1.54) is 29.2 Å². The number of benzene rings is 3. The Morgan fingerprint density at radius 1 is 0.907 bits per heavy atom. The smallest absolute Gasteiger partial charge is 0.264 e. The van der Waals surface area contributed by atoms with Crippen LogP contribution in [0.2, 0.25) is 15.1 Å². The number of ether oxygens (including phenoxy) is 1. The zero-order valence-corrected chi connectivity index (χ0v) is 27.6. The Morgan fingerprint density at radius 3 is 2.19 bits per heavy atom. The summed E-state index contributed by atoms with van der Waals surface area (Å²) in [5.41, 5.74) is 0.804. The lowest BCUT2D eigenvalue weighted by Crippen LogP contribution is -2.53. The molecule has 0 saturated heterocycles. The lowest BCUT2D eigenvalue weighted by molar-refractivity contribution is -0.140. The molecule has 0 spiro atoms. The number of para-hydroxylation sites is 2. The number of rotatable bonds is 14. The fraction of sp³-hybridized carbons (Fsp3) is 0.355. The van der Waals surface area contributed by atoms with E-state index >= 15 is 0 Å². The molecule has 0 aliphatic carbocycles. The molecule has 3 rings (SSSR count). The monoisotopic (exact) mass is 667 g/mol. The average molecular weight is 669 g/mol. The van der Waals surface area contributed by atoms with Crippen LogP contribution < -0.4 is 14.4 Å². The first-order chi connectivity index (χ1) is 20.4. The quantitative estimate of drug-likeness (QED) is 0.200. The molecule has 2 atom stereocenters. The van der Waals surface area contributed by atoms with E-state index in [0.29, 0.717) is 27.1 Å².